The van der Waals surface area contributed by atoms with E-state index in [1.165, 1.54) is 18.3 Å². The average molecular weight is 381 g/mol. The molecule has 2 amide bonds. The number of nitrogens with one attached hydrogen (secondary N) is 1. The molecule has 0 atom stereocenters. The summed E-state index contributed by atoms with van der Waals surface area (Å²) in [6.45, 7) is 2.40. The van der Waals surface area contributed by atoms with Gasteiger partial charge in [0.05, 0.1) is 12.1 Å². The first-order valence-corrected chi connectivity index (χ1v) is 9.49. The Morgan fingerprint density at radius 1 is 1.22 bits per heavy atom. The van der Waals surface area contributed by atoms with E-state index in [2.05, 4.69) is 11.4 Å². The highest BCUT2D eigenvalue weighted by molar-refractivity contribution is 7.16. The third-order valence-corrected chi connectivity index (χ3v) is 5.61. The molecule has 138 valence electrons. The van der Waals surface area contributed by atoms with Gasteiger partial charge in [-0.2, -0.15) is 5.26 Å². The van der Waals surface area contributed by atoms with Crippen LogP contribution in [0.2, 0.25) is 0 Å². The molecule has 1 aromatic heterocycles. The van der Waals surface area contributed by atoms with Crippen LogP contribution in [0.15, 0.2) is 30.3 Å². The molecule has 1 N–H and O–H groups in total. The second-order valence-electron chi connectivity index (χ2n) is 6.41. The zero-order chi connectivity index (χ0) is 19.4. The van der Waals surface area contributed by atoms with Crippen molar-refractivity contribution in [3.63, 3.8) is 0 Å². The minimum absolute atomic E-state index is 0.00477. The molecule has 7 heteroatoms. The molecular formula is C20H19N3O3S. The van der Waals surface area contributed by atoms with Crippen molar-refractivity contribution in [2.75, 3.05) is 11.9 Å². The number of anilines is 1. The molecule has 2 heterocycles. The highest BCUT2D eigenvalue weighted by Crippen LogP contribution is 2.37. The summed E-state index contributed by atoms with van der Waals surface area (Å²) < 4.78 is 0. The van der Waals surface area contributed by atoms with Gasteiger partial charge in [0.2, 0.25) is 5.91 Å². The Labute approximate surface area is 161 Å². The van der Waals surface area contributed by atoms with Gasteiger partial charge in [0, 0.05) is 29.8 Å². The van der Waals surface area contributed by atoms with Gasteiger partial charge in [-0.15, -0.1) is 11.3 Å². The zero-order valence-electron chi connectivity index (χ0n) is 14.9. The molecule has 3 rings (SSSR count). The van der Waals surface area contributed by atoms with Gasteiger partial charge in [-0.1, -0.05) is 18.2 Å². The van der Waals surface area contributed by atoms with E-state index in [4.69, 9.17) is 0 Å². The lowest BCUT2D eigenvalue weighted by atomic mass is 10.0. The van der Waals surface area contributed by atoms with Gasteiger partial charge in [-0.05, 0) is 31.0 Å². The summed E-state index contributed by atoms with van der Waals surface area (Å²) in [6, 6.07) is 11.0. The maximum absolute atomic E-state index is 12.4. The van der Waals surface area contributed by atoms with Crippen LogP contribution in [0.3, 0.4) is 0 Å². The quantitative estimate of drug-likeness (QED) is 0.861. The van der Waals surface area contributed by atoms with E-state index in [9.17, 15) is 19.6 Å². The van der Waals surface area contributed by atoms with Crippen LogP contribution in [-0.2, 0) is 22.6 Å². The summed E-state index contributed by atoms with van der Waals surface area (Å²) in [5, 5.41) is 12.9. The smallest absolute Gasteiger partial charge is 0.256 e. The van der Waals surface area contributed by atoms with Crippen LogP contribution >= 0.6 is 11.3 Å². The van der Waals surface area contributed by atoms with Crippen molar-refractivity contribution in [1.29, 1.82) is 5.26 Å². The number of benzene rings is 1. The van der Waals surface area contributed by atoms with Crippen LogP contribution < -0.4 is 5.32 Å². The summed E-state index contributed by atoms with van der Waals surface area (Å²) in [6.07, 6.45) is 1.02. The third-order valence-electron chi connectivity index (χ3n) is 4.48. The van der Waals surface area contributed by atoms with E-state index in [-0.39, 0.29) is 30.4 Å². The standard InChI is InChI=1S/C20H19N3O3S/c1-13(24)7-8-18(25)23-10-9-15-16(11-21)20(27-17(15)12-23)22-19(26)14-5-3-2-4-6-14/h2-6H,7-10,12H2,1H3,(H,22,26). The molecule has 0 radical (unpaired) electrons. The molecule has 1 aliphatic rings. The van der Waals surface area contributed by atoms with Crippen LogP contribution in [0.5, 0.6) is 0 Å². The fourth-order valence-corrected chi connectivity index (χ4v) is 4.24. The number of nitrogens with zero attached hydrogens (tertiary/aromatic N) is 2. The first kappa shape index (κ1) is 18.8. The Bertz CT molecular complexity index is 928. The first-order chi connectivity index (χ1) is 13.0. The van der Waals surface area contributed by atoms with Gasteiger partial charge < -0.3 is 15.0 Å². The van der Waals surface area contributed by atoms with Crippen LogP contribution in [0, 0.1) is 11.3 Å². The molecular weight excluding hydrogens is 362 g/mol. The van der Waals surface area contributed by atoms with Crippen molar-refractivity contribution in [3.8, 4) is 6.07 Å². The molecule has 27 heavy (non-hydrogen) atoms. The fraction of sp³-hybridized carbons (Fsp3) is 0.300. The zero-order valence-corrected chi connectivity index (χ0v) is 15.8. The lowest BCUT2D eigenvalue weighted by Crippen LogP contribution is -2.35. The molecule has 0 aliphatic carbocycles. The van der Waals surface area contributed by atoms with Crippen LogP contribution in [0.4, 0.5) is 5.00 Å². The van der Waals surface area contributed by atoms with Gasteiger partial charge in [0.15, 0.2) is 0 Å². The van der Waals surface area contributed by atoms with E-state index < -0.39 is 0 Å². The summed E-state index contributed by atoms with van der Waals surface area (Å²) in [7, 11) is 0. The molecule has 2 aromatic rings. The molecule has 0 fully saturated rings. The largest absolute Gasteiger partial charge is 0.337 e. The molecule has 0 bridgehead atoms. The number of amides is 2. The maximum atomic E-state index is 12.4. The topological polar surface area (TPSA) is 90.3 Å². The minimum Gasteiger partial charge on any atom is -0.337 e. The normalized spacial score (nSPS) is 12.8. The number of nitriles is 1. The van der Waals surface area contributed by atoms with Crippen LogP contribution in [-0.4, -0.2) is 29.0 Å². The predicted molar refractivity (Wildman–Crippen MR) is 102 cm³/mol. The van der Waals surface area contributed by atoms with Gasteiger partial charge in [-0.3, -0.25) is 9.59 Å². The van der Waals surface area contributed by atoms with Crippen molar-refractivity contribution in [2.24, 2.45) is 0 Å². The number of hydrogen-bond acceptors (Lipinski definition) is 5. The van der Waals surface area contributed by atoms with E-state index in [0.29, 0.717) is 35.6 Å². The Balaban J connectivity index is 1.77. The number of carbonyl (C=O) groups excluding carboxylic acids is 3. The lowest BCUT2D eigenvalue weighted by Gasteiger charge is -2.27. The Morgan fingerprint density at radius 3 is 2.63 bits per heavy atom. The second kappa shape index (κ2) is 8.14. The number of thiophene rings is 1. The minimum atomic E-state index is -0.264. The van der Waals surface area contributed by atoms with Gasteiger partial charge in [0.1, 0.15) is 16.9 Å². The van der Waals surface area contributed by atoms with E-state index in [1.807, 2.05) is 6.07 Å². The average Bonchev–Trinajstić information content (AvgIpc) is 3.02. The molecule has 1 aliphatic heterocycles. The van der Waals surface area contributed by atoms with Gasteiger partial charge in [-0.25, -0.2) is 0 Å². The summed E-state index contributed by atoms with van der Waals surface area (Å²) in [4.78, 5) is 38.4. The molecule has 0 saturated heterocycles. The van der Waals surface area contributed by atoms with E-state index >= 15 is 0 Å². The van der Waals surface area contributed by atoms with E-state index in [1.54, 1.807) is 29.2 Å². The highest BCUT2D eigenvalue weighted by Gasteiger charge is 2.27. The van der Waals surface area contributed by atoms with E-state index in [0.717, 1.165) is 10.4 Å². The third kappa shape index (κ3) is 4.23. The van der Waals surface area contributed by atoms with Crippen molar-refractivity contribution in [1.82, 2.24) is 4.90 Å². The maximum Gasteiger partial charge on any atom is 0.256 e. The van der Waals surface area contributed by atoms with Crippen LogP contribution in [0.1, 0.15) is 46.1 Å². The van der Waals surface area contributed by atoms with Gasteiger partial charge in [0.25, 0.3) is 5.91 Å². The Hall–Kier alpha value is -2.98. The second-order valence-corrected chi connectivity index (χ2v) is 7.51. The number of fused-ring (bicyclic) bond motifs is 1. The summed E-state index contributed by atoms with van der Waals surface area (Å²) >= 11 is 1.34. The van der Waals surface area contributed by atoms with Crippen molar-refractivity contribution in [3.05, 3.63) is 51.9 Å². The number of carbonyl (C=O) groups is 3. The Morgan fingerprint density at radius 2 is 1.96 bits per heavy atom. The monoisotopic (exact) mass is 381 g/mol. The van der Waals surface area contributed by atoms with Crippen LogP contribution in [0.25, 0.3) is 0 Å². The van der Waals surface area contributed by atoms with Gasteiger partial charge >= 0.3 is 0 Å². The number of ketones is 1. The lowest BCUT2D eigenvalue weighted by molar-refractivity contribution is -0.133. The van der Waals surface area contributed by atoms with Crippen molar-refractivity contribution >= 4 is 33.9 Å². The molecule has 0 unspecified atom stereocenters. The fourth-order valence-electron chi connectivity index (χ4n) is 3.03. The predicted octanol–water partition coefficient (Wildman–Crippen LogP) is 3.13. The van der Waals surface area contributed by atoms with Crippen molar-refractivity contribution < 1.29 is 14.4 Å². The number of rotatable bonds is 5. The molecule has 0 spiro atoms. The first-order valence-electron chi connectivity index (χ1n) is 8.68. The SMILES string of the molecule is CC(=O)CCC(=O)N1CCc2c(sc(NC(=O)c3ccccc3)c2C#N)C1. The highest BCUT2D eigenvalue weighted by atomic mass is 32.1. The molecule has 0 saturated carbocycles. The molecule has 1 aromatic carbocycles. The van der Waals surface area contributed by atoms with Crippen molar-refractivity contribution in [2.45, 2.75) is 32.7 Å². The summed E-state index contributed by atoms with van der Waals surface area (Å²) in [5.74, 6) is -0.326. The summed E-state index contributed by atoms with van der Waals surface area (Å²) in [5.41, 5.74) is 1.91. The molecule has 6 nitrogen and oxygen atoms in total. The Kier molecular flexibility index (Phi) is 5.67. The number of hydrogen-bond donors (Lipinski definition) is 1. The number of Topliss-reactive ketones (excluding diaryl/α,β-unsaturated/α-hetero) is 1.